The van der Waals surface area contributed by atoms with Gasteiger partial charge in [-0.1, -0.05) is 13.3 Å². The summed E-state index contributed by atoms with van der Waals surface area (Å²) in [4.78, 5) is 0. The summed E-state index contributed by atoms with van der Waals surface area (Å²) >= 11 is 0. The summed E-state index contributed by atoms with van der Waals surface area (Å²) in [7, 11) is 0. The molecule has 0 aromatic heterocycles. The number of ether oxygens (including phenoxy) is 1. The van der Waals surface area contributed by atoms with Crippen LogP contribution < -0.4 is 5.32 Å². The lowest BCUT2D eigenvalue weighted by molar-refractivity contribution is -0.213. The van der Waals surface area contributed by atoms with Crippen molar-refractivity contribution < 1.29 is 17.9 Å². The molecule has 0 bridgehead atoms. The SMILES string of the molecule is CCCC(C)NCCOC(C)C(F)(F)F. The molecule has 5 heteroatoms. The van der Waals surface area contributed by atoms with Gasteiger partial charge in [-0.3, -0.25) is 0 Å². The van der Waals surface area contributed by atoms with Gasteiger partial charge in [0.25, 0.3) is 0 Å². The van der Waals surface area contributed by atoms with E-state index < -0.39 is 12.3 Å². The Labute approximate surface area is 89.2 Å². The van der Waals surface area contributed by atoms with E-state index in [-0.39, 0.29) is 6.61 Å². The molecule has 0 saturated heterocycles. The highest BCUT2D eigenvalue weighted by Gasteiger charge is 2.36. The number of rotatable bonds is 7. The van der Waals surface area contributed by atoms with Crippen LogP contribution in [0.5, 0.6) is 0 Å². The van der Waals surface area contributed by atoms with Crippen molar-refractivity contribution in [2.75, 3.05) is 13.2 Å². The molecule has 2 unspecified atom stereocenters. The van der Waals surface area contributed by atoms with E-state index in [1.165, 1.54) is 0 Å². The van der Waals surface area contributed by atoms with Gasteiger partial charge in [0.05, 0.1) is 6.61 Å². The Hall–Kier alpha value is -0.290. The first-order valence-corrected chi connectivity index (χ1v) is 5.29. The van der Waals surface area contributed by atoms with Crippen LogP contribution in [-0.4, -0.2) is 31.5 Å². The molecule has 0 aliphatic rings. The lowest BCUT2D eigenvalue weighted by atomic mass is 10.2. The molecule has 2 atom stereocenters. The fraction of sp³-hybridized carbons (Fsp3) is 1.00. The van der Waals surface area contributed by atoms with Crippen molar-refractivity contribution in [1.29, 1.82) is 0 Å². The van der Waals surface area contributed by atoms with Crippen molar-refractivity contribution in [1.82, 2.24) is 5.32 Å². The van der Waals surface area contributed by atoms with Crippen LogP contribution in [0.2, 0.25) is 0 Å². The van der Waals surface area contributed by atoms with E-state index in [2.05, 4.69) is 17.0 Å². The third-order valence-corrected chi connectivity index (χ3v) is 2.15. The Kier molecular flexibility index (Phi) is 6.92. The van der Waals surface area contributed by atoms with E-state index in [1.54, 1.807) is 0 Å². The summed E-state index contributed by atoms with van der Waals surface area (Å²) in [5, 5.41) is 3.10. The van der Waals surface area contributed by atoms with Gasteiger partial charge in [0.2, 0.25) is 0 Å². The highest BCUT2D eigenvalue weighted by atomic mass is 19.4. The predicted octanol–water partition coefficient (Wildman–Crippen LogP) is 2.73. The minimum atomic E-state index is -4.25. The van der Waals surface area contributed by atoms with E-state index in [4.69, 9.17) is 0 Å². The Bertz CT molecular complexity index is 161. The summed E-state index contributed by atoms with van der Waals surface area (Å²) < 4.78 is 40.7. The topological polar surface area (TPSA) is 21.3 Å². The molecule has 0 radical (unpaired) electrons. The standard InChI is InChI=1S/C10H20F3NO/c1-4-5-8(2)14-6-7-15-9(3)10(11,12)13/h8-9,14H,4-7H2,1-3H3. The minimum Gasteiger partial charge on any atom is -0.368 e. The summed E-state index contributed by atoms with van der Waals surface area (Å²) in [5.74, 6) is 0. The number of alkyl halides is 3. The second kappa shape index (κ2) is 7.06. The van der Waals surface area contributed by atoms with Crippen LogP contribution >= 0.6 is 0 Å². The third-order valence-electron chi connectivity index (χ3n) is 2.15. The normalized spacial score (nSPS) is 16.4. The van der Waals surface area contributed by atoms with E-state index in [0.29, 0.717) is 12.6 Å². The van der Waals surface area contributed by atoms with Crippen molar-refractivity contribution in [2.45, 2.75) is 51.9 Å². The quantitative estimate of drug-likeness (QED) is 0.675. The number of halogens is 3. The van der Waals surface area contributed by atoms with Crippen molar-refractivity contribution in [3.63, 3.8) is 0 Å². The fourth-order valence-electron chi connectivity index (χ4n) is 1.17. The molecule has 1 N–H and O–H groups in total. The molecular weight excluding hydrogens is 207 g/mol. The first kappa shape index (κ1) is 14.7. The lowest BCUT2D eigenvalue weighted by Crippen LogP contribution is -2.34. The Morgan fingerprint density at radius 2 is 1.87 bits per heavy atom. The highest BCUT2D eigenvalue weighted by Crippen LogP contribution is 2.21. The Morgan fingerprint density at radius 1 is 1.27 bits per heavy atom. The Balaban J connectivity index is 3.46. The molecule has 0 aliphatic heterocycles. The van der Waals surface area contributed by atoms with Crippen LogP contribution in [0.4, 0.5) is 13.2 Å². The maximum absolute atomic E-state index is 12.0. The molecule has 0 aromatic rings. The van der Waals surface area contributed by atoms with Crippen molar-refractivity contribution in [2.24, 2.45) is 0 Å². The molecule has 92 valence electrons. The van der Waals surface area contributed by atoms with Gasteiger partial charge in [0, 0.05) is 12.6 Å². The highest BCUT2D eigenvalue weighted by molar-refractivity contribution is 4.62. The smallest absolute Gasteiger partial charge is 0.368 e. The van der Waals surface area contributed by atoms with Crippen LogP contribution in [-0.2, 0) is 4.74 Å². The zero-order valence-corrected chi connectivity index (χ0v) is 9.53. The first-order chi connectivity index (χ1) is 6.88. The molecule has 0 rings (SSSR count). The summed E-state index contributed by atoms with van der Waals surface area (Å²) in [6.07, 6.45) is -3.85. The molecule has 15 heavy (non-hydrogen) atoms. The van der Waals surface area contributed by atoms with E-state index in [0.717, 1.165) is 19.8 Å². The largest absolute Gasteiger partial charge is 0.414 e. The molecule has 0 aliphatic carbocycles. The van der Waals surface area contributed by atoms with Crippen molar-refractivity contribution in [3.8, 4) is 0 Å². The van der Waals surface area contributed by atoms with Crippen LogP contribution in [0.15, 0.2) is 0 Å². The van der Waals surface area contributed by atoms with Crippen LogP contribution in [0.1, 0.15) is 33.6 Å². The maximum Gasteiger partial charge on any atom is 0.414 e. The average molecular weight is 227 g/mol. The molecule has 0 aromatic carbocycles. The van der Waals surface area contributed by atoms with Crippen molar-refractivity contribution >= 4 is 0 Å². The van der Waals surface area contributed by atoms with Gasteiger partial charge in [-0.2, -0.15) is 13.2 Å². The van der Waals surface area contributed by atoms with Gasteiger partial charge in [-0.15, -0.1) is 0 Å². The molecule has 0 amide bonds. The predicted molar refractivity (Wildman–Crippen MR) is 53.8 cm³/mol. The number of hydrogen-bond donors (Lipinski definition) is 1. The van der Waals surface area contributed by atoms with Gasteiger partial charge in [0.1, 0.15) is 0 Å². The van der Waals surface area contributed by atoms with Gasteiger partial charge >= 0.3 is 6.18 Å². The maximum atomic E-state index is 12.0. The molecule has 0 fully saturated rings. The minimum absolute atomic E-state index is 0.0920. The summed E-state index contributed by atoms with van der Waals surface area (Å²) in [5.41, 5.74) is 0. The number of hydrogen-bond acceptors (Lipinski definition) is 2. The van der Waals surface area contributed by atoms with E-state index in [1.807, 2.05) is 6.92 Å². The second-order valence-electron chi connectivity index (χ2n) is 3.70. The first-order valence-electron chi connectivity index (χ1n) is 5.29. The van der Waals surface area contributed by atoms with Crippen LogP contribution in [0.3, 0.4) is 0 Å². The zero-order valence-electron chi connectivity index (χ0n) is 9.53. The summed E-state index contributed by atoms with van der Waals surface area (Å²) in [6.45, 7) is 5.66. The van der Waals surface area contributed by atoms with Gasteiger partial charge in [0.15, 0.2) is 6.10 Å². The molecular formula is C10H20F3NO. The van der Waals surface area contributed by atoms with E-state index >= 15 is 0 Å². The van der Waals surface area contributed by atoms with Gasteiger partial charge < -0.3 is 10.1 Å². The third kappa shape index (κ3) is 7.62. The van der Waals surface area contributed by atoms with E-state index in [9.17, 15) is 13.2 Å². The van der Waals surface area contributed by atoms with Crippen LogP contribution in [0, 0.1) is 0 Å². The molecule has 0 saturated carbocycles. The molecule has 0 heterocycles. The lowest BCUT2D eigenvalue weighted by Gasteiger charge is -2.17. The van der Waals surface area contributed by atoms with Crippen LogP contribution in [0.25, 0.3) is 0 Å². The van der Waals surface area contributed by atoms with Gasteiger partial charge in [-0.25, -0.2) is 0 Å². The molecule has 0 spiro atoms. The summed E-state index contributed by atoms with van der Waals surface area (Å²) in [6, 6.07) is 0.333. The van der Waals surface area contributed by atoms with Gasteiger partial charge in [-0.05, 0) is 20.3 Å². The Morgan fingerprint density at radius 3 is 2.33 bits per heavy atom. The zero-order chi connectivity index (χ0) is 11.9. The second-order valence-corrected chi connectivity index (χ2v) is 3.70. The van der Waals surface area contributed by atoms with Crippen molar-refractivity contribution in [3.05, 3.63) is 0 Å². The monoisotopic (exact) mass is 227 g/mol. The number of nitrogens with one attached hydrogen (secondary N) is 1. The average Bonchev–Trinajstić information content (AvgIpc) is 2.11. The fourth-order valence-corrected chi connectivity index (χ4v) is 1.17. The molecule has 2 nitrogen and oxygen atoms in total.